The molecule has 9 heteroatoms. The van der Waals surface area contributed by atoms with E-state index in [-0.39, 0.29) is 17.8 Å². The van der Waals surface area contributed by atoms with Crippen molar-refractivity contribution in [3.8, 4) is 17.0 Å². The van der Waals surface area contributed by atoms with E-state index >= 15 is 0 Å². The summed E-state index contributed by atoms with van der Waals surface area (Å²) in [6.45, 7) is 3.29. The number of esters is 1. The number of carbonyl (C=O) groups is 2. The number of hydrogen-bond acceptors (Lipinski definition) is 6. The second-order valence-corrected chi connectivity index (χ2v) is 5.48. The van der Waals surface area contributed by atoms with Crippen LogP contribution >= 0.6 is 0 Å². The van der Waals surface area contributed by atoms with Crippen molar-refractivity contribution >= 4 is 17.6 Å². The number of carbonyl (C=O) groups excluding carboxylic acids is 1. The number of rotatable bonds is 4. The number of carboxylic acid groups (broad SMARTS) is 1. The van der Waals surface area contributed by atoms with Crippen molar-refractivity contribution in [3.63, 3.8) is 0 Å². The van der Waals surface area contributed by atoms with Crippen molar-refractivity contribution in [2.45, 2.75) is 13.8 Å². The quantitative estimate of drug-likeness (QED) is 0.603. The molecule has 0 spiro atoms. The molecule has 1 aromatic carbocycles. The summed E-state index contributed by atoms with van der Waals surface area (Å²) >= 11 is 0. The molecule has 0 aliphatic heterocycles. The van der Waals surface area contributed by atoms with Gasteiger partial charge < -0.3 is 19.9 Å². The van der Waals surface area contributed by atoms with Crippen LogP contribution in [0, 0.1) is 6.92 Å². The molecule has 9 nitrogen and oxygen atoms in total. The Hall–Kier alpha value is -3.62. The van der Waals surface area contributed by atoms with Crippen LogP contribution in [0.2, 0.25) is 0 Å². The number of aromatic nitrogens is 3. The Morgan fingerprint density at radius 2 is 1.92 bits per heavy atom. The third-order valence-electron chi connectivity index (χ3n) is 3.84. The minimum absolute atomic E-state index is 0.0507. The molecule has 134 valence electrons. The van der Waals surface area contributed by atoms with Gasteiger partial charge in [0.2, 0.25) is 5.88 Å². The lowest BCUT2D eigenvalue weighted by molar-refractivity contribution is 0.0519. The number of H-pyrrole nitrogens is 1. The Morgan fingerprint density at radius 3 is 2.50 bits per heavy atom. The standard InChI is InChI=1S/C17H15N3O6/c1-3-26-17(25)12-14(21)18-13-11(8(2)19-20(13)15(12)22)9-4-6-10(7-5-9)16(23)24/h4-7,18,21H,3H2,1-2H3,(H,23,24). The van der Waals surface area contributed by atoms with Crippen LogP contribution in [0.3, 0.4) is 0 Å². The number of nitrogens with one attached hydrogen (secondary N) is 1. The van der Waals surface area contributed by atoms with Gasteiger partial charge in [0.05, 0.1) is 17.9 Å². The molecular weight excluding hydrogens is 342 g/mol. The average Bonchev–Trinajstić information content (AvgIpc) is 2.91. The summed E-state index contributed by atoms with van der Waals surface area (Å²) in [5.41, 5.74) is 0.513. The van der Waals surface area contributed by atoms with E-state index in [2.05, 4.69) is 10.1 Å². The van der Waals surface area contributed by atoms with Gasteiger partial charge in [-0.15, -0.1) is 0 Å². The lowest BCUT2D eigenvalue weighted by Crippen LogP contribution is -2.25. The van der Waals surface area contributed by atoms with Gasteiger partial charge in [0.25, 0.3) is 5.56 Å². The third kappa shape index (κ3) is 2.69. The van der Waals surface area contributed by atoms with Gasteiger partial charge in [-0.2, -0.15) is 9.61 Å². The zero-order chi connectivity index (χ0) is 19.0. The van der Waals surface area contributed by atoms with Crippen LogP contribution in [0.1, 0.15) is 33.3 Å². The molecule has 0 bridgehead atoms. The number of aromatic carboxylic acids is 1. The van der Waals surface area contributed by atoms with E-state index in [9.17, 15) is 19.5 Å². The van der Waals surface area contributed by atoms with Crippen LogP contribution in [0.4, 0.5) is 0 Å². The first-order valence-corrected chi connectivity index (χ1v) is 7.70. The van der Waals surface area contributed by atoms with Gasteiger partial charge >= 0.3 is 11.9 Å². The first-order chi connectivity index (χ1) is 12.3. The molecular formula is C17H15N3O6. The SMILES string of the molecule is CCOC(=O)c1c(O)[nH]c2c(-c3ccc(C(=O)O)cc3)c(C)nn2c1=O. The summed E-state index contributed by atoms with van der Waals surface area (Å²) in [5.74, 6) is -2.63. The molecule has 0 fully saturated rings. The molecule has 3 rings (SSSR count). The lowest BCUT2D eigenvalue weighted by atomic mass is 10.0. The van der Waals surface area contributed by atoms with E-state index < -0.39 is 28.9 Å². The molecule has 0 radical (unpaired) electrons. The number of aromatic hydroxyl groups is 1. The normalized spacial score (nSPS) is 10.8. The van der Waals surface area contributed by atoms with E-state index in [1.165, 1.54) is 12.1 Å². The Morgan fingerprint density at radius 1 is 1.27 bits per heavy atom. The predicted molar refractivity (Wildman–Crippen MR) is 90.6 cm³/mol. The molecule has 3 aromatic rings. The first kappa shape index (κ1) is 17.2. The molecule has 0 unspecified atom stereocenters. The second kappa shape index (κ2) is 6.36. The van der Waals surface area contributed by atoms with Crippen LogP contribution in [0.15, 0.2) is 29.1 Å². The highest BCUT2D eigenvalue weighted by Gasteiger charge is 2.24. The van der Waals surface area contributed by atoms with Crippen molar-refractivity contribution < 1.29 is 24.5 Å². The Labute approximate surface area is 146 Å². The van der Waals surface area contributed by atoms with Gasteiger partial charge in [-0.05, 0) is 31.5 Å². The maximum Gasteiger partial charge on any atom is 0.349 e. The summed E-state index contributed by atoms with van der Waals surface area (Å²) in [5, 5.41) is 23.2. The van der Waals surface area contributed by atoms with Crippen LogP contribution in [-0.4, -0.2) is 43.4 Å². The highest BCUT2D eigenvalue weighted by atomic mass is 16.5. The Kier molecular flexibility index (Phi) is 4.21. The van der Waals surface area contributed by atoms with Gasteiger partial charge in [0.1, 0.15) is 5.65 Å². The molecule has 0 atom stereocenters. The number of benzene rings is 1. The van der Waals surface area contributed by atoms with Gasteiger partial charge in [-0.3, -0.25) is 4.79 Å². The zero-order valence-electron chi connectivity index (χ0n) is 13.9. The van der Waals surface area contributed by atoms with E-state index in [4.69, 9.17) is 9.84 Å². The number of hydrogen-bond donors (Lipinski definition) is 3. The van der Waals surface area contributed by atoms with E-state index in [1.807, 2.05) is 0 Å². The van der Waals surface area contributed by atoms with Crippen molar-refractivity contribution in [3.05, 3.63) is 51.4 Å². The summed E-state index contributed by atoms with van der Waals surface area (Å²) in [4.78, 5) is 38.0. The summed E-state index contributed by atoms with van der Waals surface area (Å²) in [7, 11) is 0. The molecule has 26 heavy (non-hydrogen) atoms. The van der Waals surface area contributed by atoms with Crippen molar-refractivity contribution in [1.29, 1.82) is 0 Å². The molecule has 0 saturated heterocycles. The molecule has 3 N–H and O–H groups in total. The van der Waals surface area contributed by atoms with Crippen LogP contribution in [0.5, 0.6) is 5.88 Å². The number of ether oxygens (including phenoxy) is 1. The highest BCUT2D eigenvalue weighted by molar-refractivity contribution is 5.93. The Bertz CT molecular complexity index is 1080. The van der Waals surface area contributed by atoms with E-state index in [0.717, 1.165) is 4.52 Å². The molecule has 0 saturated carbocycles. The highest BCUT2D eigenvalue weighted by Crippen LogP contribution is 2.28. The van der Waals surface area contributed by atoms with Crippen LogP contribution < -0.4 is 5.56 Å². The molecule has 2 heterocycles. The average molecular weight is 357 g/mol. The van der Waals surface area contributed by atoms with Gasteiger partial charge in [0.15, 0.2) is 5.56 Å². The molecule has 0 amide bonds. The molecule has 2 aromatic heterocycles. The van der Waals surface area contributed by atoms with E-state index in [1.54, 1.807) is 26.0 Å². The lowest BCUT2D eigenvalue weighted by Gasteiger charge is -2.06. The van der Waals surface area contributed by atoms with Gasteiger partial charge in [0, 0.05) is 5.56 Å². The number of fused-ring (bicyclic) bond motifs is 1. The monoisotopic (exact) mass is 357 g/mol. The van der Waals surface area contributed by atoms with Gasteiger partial charge in [-0.1, -0.05) is 12.1 Å². The number of aryl methyl sites for hydroxylation is 1. The summed E-state index contributed by atoms with van der Waals surface area (Å²) < 4.78 is 5.75. The van der Waals surface area contributed by atoms with E-state index in [0.29, 0.717) is 16.8 Å². The molecule has 0 aliphatic rings. The minimum atomic E-state index is -1.06. The minimum Gasteiger partial charge on any atom is -0.494 e. The number of nitrogens with zero attached hydrogens (tertiary/aromatic N) is 2. The maximum atomic E-state index is 12.5. The van der Waals surface area contributed by atoms with Crippen LogP contribution in [0.25, 0.3) is 16.8 Å². The predicted octanol–water partition coefficient (Wildman–Crippen LogP) is 1.58. The Balaban J connectivity index is 2.23. The second-order valence-electron chi connectivity index (χ2n) is 5.48. The zero-order valence-corrected chi connectivity index (χ0v) is 13.9. The van der Waals surface area contributed by atoms with Crippen molar-refractivity contribution in [1.82, 2.24) is 14.6 Å². The van der Waals surface area contributed by atoms with Crippen molar-refractivity contribution in [2.75, 3.05) is 6.61 Å². The third-order valence-corrected chi connectivity index (χ3v) is 3.84. The first-order valence-electron chi connectivity index (χ1n) is 7.70. The summed E-state index contributed by atoms with van der Waals surface area (Å²) in [6, 6.07) is 5.99. The van der Waals surface area contributed by atoms with Gasteiger partial charge in [-0.25, -0.2) is 9.59 Å². The fourth-order valence-electron chi connectivity index (χ4n) is 2.68. The fourth-order valence-corrected chi connectivity index (χ4v) is 2.68. The van der Waals surface area contributed by atoms with Crippen LogP contribution in [-0.2, 0) is 4.74 Å². The maximum absolute atomic E-state index is 12.5. The number of aromatic amines is 1. The topological polar surface area (TPSA) is 134 Å². The smallest absolute Gasteiger partial charge is 0.349 e. The largest absolute Gasteiger partial charge is 0.494 e. The molecule has 0 aliphatic carbocycles. The van der Waals surface area contributed by atoms with Crippen molar-refractivity contribution in [2.24, 2.45) is 0 Å². The number of carboxylic acids is 1. The summed E-state index contributed by atoms with van der Waals surface area (Å²) in [6.07, 6.45) is 0. The fraction of sp³-hybridized carbons (Fsp3) is 0.176.